The van der Waals surface area contributed by atoms with Crippen LogP contribution in [0.15, 0.2) is 12.1 Å². The van der Waals surface area contributed by atoms with E-state index in [9.17, 15) is 9.90 Å². The number of carboxylic acid groups (broad SMARTS) is 1. The SMILES string of the molecule is CC(C)c1cc2c(cc1Cl)[C@@]1(C)CCC[C@@](C)(C(=O)O)C1CC2. The Morgan fingerprint density at radius 2 is 2.00 bits per heavy atom. The third-order valence-electron chi connectivity index (χ3n) is 6.58. The minimum atomic E-state index is -0.637. The van der Waals surface area contributed by atoms with E-state index in [0.29, 0.717) is 5.92 Å². The second-order valence-electron chi connectivity index (χ2n) is 8.27. The molecule has 1 saturated carbocycles. The maximum atomic E-state index is 12.0. The van der Waals surface area contributed by atoms with Crippen molar-refractivity contribution >= 4 is 17.6 Å². The number of fused-ring (bicyclic) bond motifs is 3. The maximum absolute atomic E-state index is 12.0. The van der Waals surface area contributed by atoms with E-state index >= 15 is 0 Å². The number of rotatable bonds is 2. The first-order valence-electron chi connectivity index (χ1n) is 8.76. The van der Waals surface area contributed by atoms with Crippen LogP contribution >= 0.6 is 11.6 Å². The molecular formula is C20H27ClO2. The molecule has 23 heavy (non-hydrogen) atoms. The molecule has 3 atom stereocenters. The van der Waals surface area contributed by atoms with E-state index < -0.39 is 11.4 Å². The van der Waals surface area contributed by atoms with Crippen molar-refractivity contribution in [3.8, 4) is 0 Å². The minimum absolute atomic E-state index is 0.0713. The molecule has 1 fully saturated rings. The van der Waals surface area contributed by atoms with Crippen LogP contribution in [-0.2, 0) is 16.6 Å². The normalized spacial score (nSPS) is 33.2. The second kappa shape index (κ2) is 5.51. The van der Waals surface area contributed by atoms with E-state index in [0.717, 1.165) is 37.1 Å². The first-order chi connectivity index (χ1) is 10.7. The van der Waals surface area contributed by atoms with Gasteiger partial charge in [0.1, 0.15) is 0 Å². The molecule has 2 aliphatic carbocycles. The molecule has 1 aromatic rings. The largest absolute Gasteiger partial charge is 0.481 e. The fourth-order valence-corrected chi connectivity index (χ4v) is 5.59. The van der Waals surface area contributed by atoms with Gasteiger partial charge in [-0.3, -0.25) is 4.79 Å². The van der Waals surface area contributed by atoms with Crippen molar-refractivity contribution in [1.82, 2.24) is 0 Å². The average molecular weight is 335 g/mol. The number of hydrogen-bond acceptors (Lipinski definition) is 1. The predicted molar refractivity (Wildman–Crippen MR) is 94.3 cm³/mol. The Morgan fingerprint density at radius 1 is 1.30 bits per heavy atom. The van der Waals surface area contributed by atoms with E-state index in [1.54, 1.807) is 0 Å². The van der Waals surface area contributed by atoms with Crippen molar-refractivity contribution in [2.45, 2.75) is 71.1 Å². The van der Waals surface area contributed by atoms with Gasteiger partial charge in [-0.2, -0.15) is 0 Å². The molecule has 0 bridgehead atoms. The average Bonchev–Trinajstić information content (AvgIpc) is 2.46. The summed E-state index contributed by atoms with van der Waals surface area (Å²) in [7, 11) is 0. The Kier molecular flexibility index (Phi) is 4.03. The number of benzene rings is 1. The molecule has 0 spiro atoms. The highest BCUT2D eigenvalue weighted by Crippen LogP contribution is 2.57. The van der Waals surface area contributed by atoms with Crippen LogP contribution in [0.3, 0.4) is 0 Å². The molecule has 1 unspecified atom stereocenters. The summed E-state index contributed by atoms with van der Waals surface area (Å²) in [6.45, 7) is 8.56. The van der Waals surface area contributed by atoms with Gasteiger partial charge in [0.2, 0.25) is 0 Å². The number of hydrogen-bond donors (Lipinski definition) is 1. The van der Waals surface area contributed by atoms with Gasteiger partial charge in [-0.25, -0.2) is 0 Å². The summed E-state index contributed by atoms with van der Waals surface area (Å²) in [5.74, 6) is -0.0366. The molecule has 2 aliphatic rings. The van der Waals surface area contributed by atoms with Gasteiger partial charge in [0, 0.05) is 5.02 Å². The minimum Gasteiger partial charge on any atom is -0.481 e. The van der Waals surface area contributed by atoms with Gasteiger partial charge < -0.3 is 5.11 Å². The number of carbonyl (C=O) groups is 1. The van der Waals surface area contributed by atoms with E-state index in [4.69, 9.17) is 11.6 Å². The zero-order chi connectivity index (χ0) is 17.0. The number of aryl methyl sites for hydroxylation is 1. The van der Waals surface area contributed by atoms with Crippen LogP contribution in [0.1, 0.15) is 76.0 Å². The highest BCUT2D eigenvalue weighted by molar-refractivity contribution is 6.31. The lowest BCUT2D eigenvalue weighted by molar-refractivity contribution is -0.157. The zero-order valence-electron chi connectivity index (χ0n) is 14.6. The maximum Gasteiger partial charge on any atom is 0.309 e. The summed E-state index contributed by atoms with van der Waals surface area (Å²) in [5.41, 5.74) is 3.21. The monoisotopic (exact) mass is 334 g/mol. The van der Waals surface area contributed by atoms with Crippen LogP contribution in [0, 0.1) is 11.3 Å². The molecule has 0 radical (unpaired) electrons. The lowest BCUT2D eigenvalue weighted by atomic mass is 9.50. The summed E-state index contributed by atoms with van der Waals surface area (Å²) in [5, 5.41) is 10.7. The van der Waals surface area contributed by atoms with Gasteiger partial charge in [-0.1, -0.05) is 44.9 Å². The van der Waals surface area contributed by atoms with Gasteiger partial charge in [-0.15, -0.1) is 0 Å². The smallest absolute Gasteiger partial charge is 0.309 e. The fraction of sp³-hybridized carbons (Fsp3) is 0.650. The standard InChI is InChI=1S/C20H27ClO2/c1-12(2)14-10-13-6-7-17-19(3,15(13)11-16(14)21)8-5-9-20(17,4)18(22)23/h10-12,17H,5-9H2,1-4H3,(H,22,23)/t17?,19-,20-/m1/s1. The summed E-state index contributed by atoms with van der Waals surface area (Å²) in [4.78, 5) is 12.0. The van der Waals surface area contributed by atoms with E-state index in [-0.39, 0.29) is 11.3 Å². The highest BCUT2D eigenvalue weighted by Gasteiger charge is 2.55. The number of halogens is 1. The van der Waals surface area contributed by atoms with Crippen molar-refractivity contribution in [1.29, 1.82) is 0 Å². The van der Waals surface area contributed by atoms with Crippen molar-refractivity contribution in [3.63, 3.8) is 0 Å². The Bertz CT molecular complexity index is 651. The Morgan fingerprint density at radius 3 is 2.61 bits per heavy atom. The van der Waals surface area contributed by atoms with Crippen LogP contribution in [0.25, 0.3) is 0 Å². The van der Waals surface area contributed by atoms with Gasteiger partial charge in [0.15, 0.2) is 0 Å². The van der Waals surface area contributed by atoms with E-state index in [1.165, 1.54) is 16.7 Å². The number of aliphatic carboxylic acids is 1. The molecule has 1 aromatic carbocycles. The molecule has 3 rings (SSSR count). The lowest BCUT2D eigenvalue weighted by Crippen LogP contribution is -2.52. The fourth-order valence-electron chi connectivity index (χ4n) is 5.21. The summed E-state index contributed by atoms with van der Waals surface area (Å²) >= 11 is 6.57. The second-order valence-corrected chi connectivity index (χ2v) is 8.68. The summed E-state index contributed by atoms with van der Waals surface area (Å²) < 4.78 is 0. The molecule has 0 saturated heterocycles. The number of carboxylic acids is 1. The topological polar surface area (TPSA) is 37.3 Å². The van der Waals surface area contributed by atoms with Crippen LogP contribution in [-0.4, -0.2) is 11.1 Å². The lowest BCUT2D eigenvalue weighted by Gasteiger charge is -2.53. The summed E-state index contributed by atoms with van der Waals surface area (Å²) in [6.07, 6.45) is 4.75. The molecular weight excluding hydrogens is 308 g/mol. The molecule has 0 aliphatic heterocycles. The van der Waals surface area contributed by atoms with Crippen molar-refractivity contribution in [3.05, 3.63) is 33.8 Å². The van der Waals surface area contributed by atoms with Crippen LogP contribution in [0.5, 0.6) is 0 Å². The van der Waals surface area contributed by atoms with Crippen molar-refractivity contribution in [2.75, 3.05) is 0 Å². The van der Waals surface area contributed by atoms with E-state index in [1.807, 2.05) is 6.92 Å². The van der Waals surface area contributed by atoms with Crippen LogP contribution in [0.4, 0.5) is 0 Å². The van der Waals surface area contributed by atoms with E-state index in [2.05, 4.69) is 32.9 Å². The Hall–Kier alpha value is -1.02. The van der Waals surface area contributed by atoms with Crippen LogP contribution < -0.4 is 0 Å². The first-order valence-corrected chi connectivity index (χ1v) is 9.14. The highest BCUT2D eigenvalue weighted by atomic mass is 35.5. The van der Waals surface area contributed by atoms with Crippen molar-refractivity contribution < 1.29 is 9.90 Å². The Balaban J connectivity index is 2.13. The third-order valence-corrected chi connectivity index (χ3v) is 6.91. The van der Waals surface area contributed by atoms with Gasteiger partial charge in [0.25, 0.3) is 0 Å². The van der Waals surface area contributed by atoms with Crippen LogP contribution in [0.2, 0.25) is 5.02 Å². The molecule has 2 nitrogen and oxygen atoms in total. The first kappa shape index (κ1) is 16.8. The molecule has 0 heterocycles. The molecule has 0 amide bonds. The van der Waals surface area contributed by atoms with Gasteiger partial charge in [-0.05, 0) is 72.6 Å². The Labute approximate surface area is 144 Å². The molecule has 3 heteroatoms. The summed E-state index contributed by atoms with van der Waals surface area (Å²) in [6, 6.07) is 4.42. The quantitative estimate of drug-likeness (QED) is 0.768. The predicted octanol–water partition coefficient (Wildman–Crippen LogP) is 5.56. The van der Waals surface area contributed by atoms with Gasteiger partial charge in [0.05, 0.1) is 5.41 Å². The zero-order valence-corrected chi connectivity index (χ0v) is 15.3. The molecule has 1 N–H and O–H groups in total. The van der Waals surface area contributed by atoms with Gasteiger partial charge >= 0.3 is 5.97 Å². The third kappa shape index (κ3) is 2.41. The molecule has 126 valence electrons. The molecule has 0 aromatic heterocycles. The van der Waals surface area contributed by atoms with Crippen molar-refractivity contribution in [2.24, 2.45) is 11.3 Å².